The molecule has 0 saturated carbocycles. The van der Waals surface area contributed by atoms with E-state index in [-0.39, 0.29) is 5.69 Å². The summed E-state index contributed by atoms with van der Waals surface area (Å²) in [6.45, 7) is 3.23. The lowest BCUT2D eigenvalue weighted by Crippen LogP contribution is -2.14. The van der Waals surface area contributed by atoms with E-state index in [0.29, 0.717) is 5.69 Å². The molecule has 0 bridgehead atoms. The molecule has 0 spiro atoms. The first-order chi connectivity index (χ1) is 11.1. The maximum absolute atomic E-state index is 12.0. The lowest BCUT2D eigenvalue weighted by molar-refractivity contribution is 0.0427. The highest BCUT2D eigenvalue weighted by Crippen LogP contribution is 2.22. The van der Waals surface area contributed by atoms with E-state index in [1.165, 1.54) is 6.92 Å². The maximum atomic E-state index is 12.0. The normalized spacial score (nSPS) is 11.9. The van der Waals surface area contributed by atoms with Crippen LogP contribution < -0.4 is 0 Å². The van der Waals surface area contributed by atoms with Crippen LogP contribution in [0, 0.1) is 18.3 Å². The first kappa shape index (κ1) is 14.7. The van der Waals surface area contributed by atoms with Gasteiger partial charge in [-0.05, 0) is 26.0 Å². The Balaban J connectivity index is 2.05. The third kappa shape index (κ3) is 2.62. The monoisotopic (exact) mass is 307 g/mol. The zero-order chi connectivity index (χ0) is 16.4. The molecule has 3 aromatic rings. The molecule has 3 rings (SSSR count). The molecule has 0 amide bonds. The van der Waals surface area contributed by atoms with Gasteiger partial charge in [-0.2, -0.15) is 5.26 Å². The molecular formula is C16H13N5O2. The first-order valence-electron chi connectivity index (χ1n) is 6.98. The summed E-state index contributed by atoms with van der Waals surface area (Å²) in [5.74, 6) is -0.662. The highest BCUT2D eigenvalue weighted by Gasteiger charge is 2.21. The van der Waals surface area contributed by atoms with E-state index >= 15 is 0 Å². The van der Waals surface area contributed by atoms with Gasteiger partial charge in [0, 0.05) is 23.2 Å². The van der Waals surface area contributed by atoms with Crippen molar-refractivity contribution >= 4 is 16.7 Å². The summed E-state index contributed by atoms with van der Waals surface area (Å²) >= 11 is 0. The Bertz CT molecular complexity index is 920. The second-order valence-corrected chi connectivity index (χ2v) is 4.99. The van der Waals surface area contributed by atoms with E-state index in [2.05, 4.69) is 15.3 Å². The summed E-state index contributed by atoms with van der Waals surface area (Å²) in [7, 11) is 0. The second-order valence-electron chi connectivity index (χ2n) is 4.99. The van der Waals surface area contributed by atoms with E-state index in [4.69, 9.17) is 10.00 Å². The highest BCUT2D eigenvalue weighted by molar-refractivity contribution is 5.91. The number of fused-ring (bicyclic) bond motifs is 1. The van der Waals surface area contributed by atoms with Gasteiger partial charge in [0.05, 0.1) is 11.4 Å². The smallest absolute Gasteiger partial charge is 0.362 e. The number of carbonyl (C=O) groups excluding carboxylic acids is 1. The highest BCUT2D eigenvalue weighted by atomic mass is 16.5. The molecule has 0 aliphatic rings. The molecule has 0 N–H and O–H groups in total. The van der Waals surface area contributed by atoms with Gasteiger partial charge < -0.3 is 4.74 Å². The average molecular weight is 307 g/mol. The summed E-state index contributed by atoms with van der Waals surface area (Å²) in [5, 5.41) is 18.6. The fraction of sp³-hybridized carbons (Fsp3) is 0.188. The Labute approximate surface area is 132 Å². The number of esters is 1. The van der Waals surface area contributed by atoms with Gasteiger partial charge in [-0.3, -0.25) is 4.98 Å². The van der Waals surface area contributed by atoms with Gasteiger partial charge in [-0.15, -0.1) is 5.10 Å². The Morgan fingerprint density at radius 3 is 3.00 bits per heavy atom. The van der Waals surface area contributed by atoms with E-state index in [0.717, 1.165) is 16.5 Å². The largest absolute Gasteiger partial charge is 0.442 e. The van der Waals surface area contributed by atoms with Crippen molar-refractivity contribution in [3.05, 3.63) is 48.0 Å². The van der Waals surface area contributed by atoms with Crippen molar-refractivity contribution in [2.24, 2.45) is 0 Å². The molecule has 114 valence electrons. The van der Waals surface area contributed by atoms with Crippen LogP contribution in [0.3, 0.4) is 0 Å². The molecule has 0 aliphatic carbocycles. The fourth-order valence-electron chi connectivity index (χ4n) is 2.28. The van der Waals surface area contributed by atoms with E-state index in [1.54, 1.807) is 24.0 Å². The fourth-order valence-corrected chi connectivity index (χ4v) is 2.28. The number of aromatic nitrogens is 4. The molecule has 2 heterocycles. The van der Waals surface area contributed by atoms with Crippen molar-refractivity contribution in [3.8, 4) is 11.8 Å². The number of rotatable bonds is 3. The molecular weight excluding hydrogens is 294 g/mol. The van der Waals surface area contributed by atoms with Crippen LogP contribution in [0.5, 0.6) is 0 Å². The minimum atomic E-state index is -0.837. The number of benzene rings is 1. The third-order valence-corrected chi connectivity index (χ3v) is 3.44. The van der Waals surface area contributed by atoms with Gasteiger partial charge in [0.2, 0.25) is 0 Å². The molecule has 0 aliphatic heterocycles. The average Bonchev–Trinajstić information content (AvgIpc) is 2.95. The summed E-state index contributed by atoms with van der Waals surface area (Å²) < 4.78 is 6.56. The number of ether oxygens (including phenoxy) is 1. The van der Waals surface area contributed by atoms with E-state index in [1.807, 2.05) is 30.3 Å². The summed E-state index contributed by atoms with van der Waals surface area (Å²) in [6.07, 6.45) is 2.62. The maximum Gasteiger partial charge on any atom is 0.362 e. The van der Waals surface area contributed by atoms with Crippen molar-refractivity contribution < 1.29 is 9.53 Å². The van der Waals surface area contributed by atoms with Crippen molar-refractivity contribution in [1.29, 1.82) is 5.26 Å². The lowest BCUT2D eigenvalue weighted by Gasteiger charge is -2.08. The van der Waals surface area contributed by atoms with Crippen molar-refractivity contribution in [2.75, 3.05) is 0 Å². The van der Waals surface area contributed by atoms with Gasteiger partial charge in [0.15, 0.2) is 11.8 Å². The zero-order valence-corrected chi connectivity index (χ0v) is 12.6. The van der Waals surface area contributed by atoms with Crippen LogP contribution in [0.1, 0.15) is 23.1 Å². The Hall–Kier alpha value is -3.27. The molecule has 7 heteroatoms. The molecule has 0 radical (unpaired) electrons. The predicted molar refractivity (Wildman–Crippen MR) is 81.9 cm³/mol. The van der Waals surface area contributed by atoms with Crippen LogP contribution in [-0.4, -0.2) is 32.1 Å². The minimum absolute atomic E-state index is 0.0955. The second kappa shape index (κ2) is 5.85. The van der Waals surface area contributed by atoms with Gasteiger partial charge in [-0.25, -0.2) is 9.48 Å². The molecule has 1 atom stereocenters. The molecule has 1 aromatic carbocycles. The van der Waals surface area contributed by atoms with Crippen molar-refractivity contribution in [2.45, 2.75) is 20.0 Å². The number of carbonyl (C=O) groups is 1. The summed E-state index contributed by atoms with van der Waals surface area (Å²) in [6, 6.07) is 9.44. The Morgan fingerprint density at radius 2 is 2.22 bits per heavy atom. The zero-order valence-electron chi connectivity index (χ0n) is 12.6. The number of nitriles is 1. The number of hydrogen-bond acceptors (Lipinski definition) is 6. The molecule has 23 heavy (non-hydrogen) atoms. The number of hydrogen-bond donors (Lipinski definition) is 0. The van der Waals surface area contributed by atoms with Gasteiger partial charge >= 0.3 is 5.97 Å². The molecule has 7 nitrogen and oxygen atoms in total. The number of nitrogens with zero attached hydrogens (tertiary/aromatic N) is 5. The molecule has 2 aromatic heterocycles. The van der Waals surface area contributed by atoms with Crippen molar-refractivity contribution in [1.82, 2.24) is 20.0 Å². The summed E-state index contributed by atoms with van der Waals surface area (Å²) in [4.78, 5) is 16.1. The van der Waals surface area contributed by atoms with Crippen LogP contribution in [0.2, 0.25) is 0 Å². The third-order valence-electron chi connectivity index (χ3n) is 3.44. The standard InChI is InChI=1S/C16H13N5O2/c1-10(8-17)23-16(22)15-11(2)21(20-19-15)14-5-3-4-12-9-18-7-6-13(12)14/h3-7,9-10H,1-2H3/t10-/m1/s1. The topological polar surface area (TPSA) is 93.7 Å². The quantitative estimate of drug-likeness (QED) is 0.688. The van der Waals surface area contributed by atoms with Crippen LogP contribution in [0.25, 0.3) is 16.5 Å². The Kier molecular flexibility index (Phi) is 3.73. The van der Waals surface area contributed by atoms with Crippen LogP contribution >= 0.6 is 0 Å². The van der Waals surface area contributed by atoms with Crippen LogP contribution in [0.4, 0.5) is 0 Å². The predicted octanol–water partition coefficient (Wildman–Crippen LogP) is 2.19. The SMILES string of the molecule is Cc1c(C(=O)O[C@H](C)C#N)nnn1-c1cccc2cnccc12. The molecule has 0 unspecified atom stereocenters. The summed E-state index contributed by atoms with van der Waals surface area (Å²) in [5.41, 5.74) is 1.44. The number of pyridine rings is 1. The van der Waals surface area contributed by atoms with Gasteiger partial charge in [-0.1, -0.05) is 17.3 Å². The lowest BCUT2D eigenvalue weighted by atomic mass is 10.1. The molecule has 0 saturated heterocycles. The minimum Gasteiger partial charge on any atom is -0.442 e. The van der Waals surface area contributed by atoms with Crippen LogP contribution in [-0.2, 0) is 4.74 Å². The Morgan fingerprint density at radius 1 is 1.39 bits per heavy atom. The molecule has 0 fully saturated rings. The van der Waals surface area contributed by atoms with Gasteiger partial charge in [0.25, 0.3) is 0 Å². The van der Waals surface area contributed by atoms with Crippen LogP contribution in [0.15, 0.2) is 36.7 Å². The van der Waals surface area contributed by atoms with E-state index < -0.39 is 12.1 Å². The van der Waals surface area contributed by atoms with Gasteiger partial charge in [0.1, 0.15) is 6.07 Å². The first-order valence-corrected chi connectivity index (χ1v) is 6.98. The van der Waals surface area contributed by atoms with Crippen molar-refractivity contribution in [3.63, 3.8) is 0 Å². The van der Waals surface area contributed by atoms with E-state index in [9.17, 15) is 4.79 Å².